The van der Waals surface area contributed by atoms with E-state index in [1.165, 1.54) is 12.8 Å². The molecule has 0 aromatic carbocycles. The molecule has 3 heterocycles. The summed E-state index contributed by atoms with van der Waals surface area (Å²) < 4.78 is 16.2. The van der Waals surface area contributed by atoms with Crippen LogP contribution in [0, 0.1) is 5.82 Å². The lowest BCUT2D eigenvalue weighted by Gasteiger charge is -2.07. The third kappa shape index (κ3) is 1.79. The first-order valence-corrected chi connectivity index (χ1v) is 6.88. The fraction of sp³-hybridized carbons (Fsp3) is 0.200. The van der Waals surface area contributed by atoms with Crippen LogP contribution in [0.25, 0.3) is 22.0 Å². The van der Waals surface area contributed by atoms with E-state index in [1.54, 1.807) is 12.3 Å². The van der Waals surface area contributed by atoms with Crippen LogP contribution in [0.5, 0.6) is 0 Å². The van der Waals surface area contributed by atoms with Crippen molar-refractivity contribution < 1.29 is 4.39 Å². The molecule has 0 spiro atoms. The van der Waals surface area contributed by atoms with Crippen molar-refractivity contribution in [3.8, 4) is 11.1 Å². The standard InChI is InChI=1S/C15H11ClFN3/c16-15-5-11(13(17)7-19-15)12-6-18-8-14-10(12)3-4-20(14)9-1-2-9/h3-9H,1-2H2. The zero-order valence-electron chi connectivity index (χ0n) is 10.6. The van der Waals surface area contributed by atoms with Crippen molar-refractivity contribution in [2.75, 3.05) is 0 Å². The molecule has 0 unspecified atom stereocenters. The van der Waals surface area contributed by atoms with Crippen LogP contribution in [0.15, 0.2) is 36.9 Å². The van der Waals surface area contributed by atoms with Gasteiger partial charge in [-0.3, -0.25) is 4.98 Å². The average Bonchev–Trinajstić information content (AvgIpc) is 3.20. The van der Waals surface area contributed by atoms with E-state index in [4.69, 9.17) is 11.6 Å². The molecule has 100 valence electrons. The third-order valence-corrected chi connectivity index (χ3v) is 3.91. The van der Waals surface area contributed by atoms with Crippen LogP contribution in [0.4, 0.5) is 4.39 Å². The average molecular weight is 288 g/mol. The molecule has 0 aliphatic heterocycles. The van der Waals surface area contributed by atoms with Crippen LogP contribution in [-0.2, 0) is 0 Å². The first-order valence-electron chi connectivity index (χ1n) is 6.50. The monoisotopic (exact) mass is 287 g/mol. The van der Waals surface area contributed by atoms with Gasteiger partial charge in [-0.2, -0.15) is 0 Å². The second kappa shape index (κ2) is 4.28. The molecular formula is C15H11ClFN3. The first-order chi connectivity index (χ1) is 9.74. The minimum atomic E-state index is -0.386. The Morgan fingerprint density at radius 1 is 1.20 bits per heavy atom. The van der Waals surface area contributed by atoms with Gasteiger partial charge in [-0.25, -0.2) is 9.37 Å². The Morgan fingerprint density at radius 2 is 2.05 bits per heavy atom. The molecule has 0 saturated heterocycles. The largest absolute Gasteiger partial charge is 0.343 e. The van der Waals surface area contributed by atoms with Crippen LogP contribution >= 0.6 is 11.6 Å². The van der Waals surface area contributed by atoms with E-state index in [2.05, 4.69) is 14.5 Å². The van der Waals surface area contributed by atoms with E-state index < -0.39 is 0 Å². The van der Waals surface area contributed by atoms with Crippen LogP contribution in [0.1, 0.15) is 18.9 Å². The van der Waals surface area contributed by atoms with Crippen LogP contribution in [0.3, 0.4) is 0 Å². The molecule has 0 bridgehead atoms. The van der Waals surface area contributed by atoms with Gasteiger partial charge in [-0.1, -0.05) is 11.6 Å². The number of rotatable bonds is 2. The molecule has 4 rings (SSSR count). The lowest BCUT2D eigenvalue weighted by Crippen LogP contribution is -1.93. The number of hydrogen-bond donors (Lipinski definition) is 0. The van der Waals surface area contributed by atoms with Crippen molar-refractivity contribution in [1.29, 1.82) is 0 Å². The summed E-state index contributed by atoms with van der Waals surface area (Å²) in [6.07, 6.45) is 9.10. The Hall–Kier alpha value is -1.94. The number of halogens is 2. The fourth-order valence-electron chi connectivity index (χ4n) is 2.58. The van der Waals surface area contributed by atoms with Crippen molar-refractivity contribution in [3.05, 3.63) is 47.9 Å². The Bertz CT molecular complexity index is 808. The highest BCUT2D eigenvalue weighted by Gasteiger charge is 2.25. The van der Waals surface area contributed by atoms with Gasteiger partial charge in [-0.05, 0) is 25.0 Å². The van der Waals surface area contributed by atoms with Gasteiger partial charge in [0.25, 0.3) is 0 Å². The summed E-state index contributed by atoms with van der Waals surface area (Å²) in [6, 6.07) is 4.12. The van der Waals surface area contributed by atoms with E-state index in [1.807, 2.05) is 18.5 Å². The second-order valence-electron chi connectivity index (χ2n) is 5.06. The first kappa shape index (κ1) is 11.9. The summed E-state index contributed by atoms with van der Waals surface area (Å²) in [5.41, 5.74) is 2.23. The van der Waals surface area contributed by atoms with E-state index >= 15 is 0 Å². The summed E-state index contributed by atoms with van der Waals surface area (Å²) in [4.78, 5) is 8.01. The molecule has 0 N–H and O–H groups in total. The molecule has 1 fully saturated rings. The predicted molar refractivity (Wildman–Crippen MR) is 76.2 cm³/mol. The number of fused-ring (bicyclic) bond motifs is 1. The summed E-state index contributed by atoms with van der Waals surface area (Å²) in [5, 5.41) is 1.27. The Balaban J connectivity index is 1.97. The lowest BCUT2D eigenvalue weighted by atomic mass is 10.1. The zero-order chi connectivity index (χ0) is 13.7. The molecular weight excluding hydrogens is 277 g/mol. The highest BCUT2D eigenvalue weighted by Crippen LogP contribution is 2.39. The molecule has 1 aliphatic rings. The van der Waals surface area contributed by atoms with E-state index in [0.717, 1.165) is 22.7 Å². The van der Waals surface area contributed by atoms with Gasteiger partial charge in [0.05, 0.1) is 17.9 Å². The zero-order valence-corrected chi connectivity index (χ0v) is 11.3. The summed E-state index contributed by atoms with van der Waals surface area (Å²) in [7, 11) is 0. The molecule has 1 aliphatic carbocycles. The smallest absolute Gasteiger partial charge is 0.149 e. The van der Waals surface area contributed by atoms with Gasteiger partial charge in [0.2, 0.25) is 0 Å². The van der Waals surface area contributed by atoms with Crippen molar-refractivity contribution in [1.82, 2.24) is 14.5 Å². The van der Waals surface area contributed by atoms with Crippen LogP contribution < -0.4 is 0 Å². The summed E-state index contributed by atoms with van der Waals surface area (Å²) in [5.74, 6) is -0.386. The Labute approximate surface area is 120 Å². The van der Waals surface area contributed by atoms with Gasteiger partial charge >= 0.3 is 0 Å². The molecule has 3 aromatic heterocycles. The van der Waals surface area contributed by atoms with E-state index in [0.29, 0.717) is 11.6 Å². The van der Waals surface area contributed by atoms with Gasteiger partial charge in [0.1, 0.15) is 11.0 Å². The topological polar surface area (TPSA) is 30.7 Å². The normalized spacial score (nSPS) is 14.9. The van der Waals surface area contributed by atoms with E-state index in [-0.39, 0.29) is 11.0 Å². The maximum Gasteiger partial charge on any atom is 0.149 e. The molecule has 0 radical (unpaired) electrons. The van der Waals surface area contributed by atoms with Gasteiger partial charge in [0, 0.05) is 34.9 Å². The number of aromatic nitrogens is 3. The summed E-state index contributed by atoms with van der Waals surface area (Å²) >= 11 is 5.88. The SMILES string of the molecule is Fc1cnc(Cl)cc1-c1cncc2c1ccn2C1CC1. The highest BCUT2D eigenvalue weighted by molar-refractivity contribution is 6.29. The molecule has 20 heavy (non-hydrogen) atoms. The third-order valence-electron chi connectivity index (χ3n) is 3.70. The van der Waals surface area contributed by atoms with E-state index in [9.17, 15) is 4.39 Å². The molecule has 0 atom stereocenters. The van der Waals surface area contributed by atoms with Crippen molar-refractivity contribution in [2.45, 2.75) is 18.9 Å². The predicted octanol–water partition coefficient (Wildman–Crippen LogP) is 4.23. The summed E-state index contributed by atoms with van der Waals surface area (Å²) in [6.45, 7) is 0. The van der Waals surface area contributed by atoms with Crippen molar-refractivity contribution in [2.24, 2.45) is 0 Å². The highest BCUT2D eigenvalue weighted by atomic mass is 35.5. The quantitative estimate of drug-likeness (QED) is 0.661. The van der Waals surface area contributed by atoms with Crippen molar-refractivity contribution >= 4 is 22.5 Å². The number of hydrogen-bond acceptors (Lipinski definition) is 2. The maximum absolute atomic E-state index is 14.0. The van der Waals surface area contributed by atoms with Crippen molar-refractivity contribution in [3.63, 3.8) is 0 Å². The molecule has 0 amide bonds. The lowest BCUT2D eigenvalue weighted by molar-refractivity contribution is 0.625. The number of pyridine rings is 2. The molecule has 1 saturated carbocycles. The minimum absolute atomic E-state index is 0.278. The Kier molecular flexibility index (Phi) is 2.54. The van der Waals surface area contributed by atoms with Crippen LogP contribution in [-0.4, -0.2) is 14.5 Å². The Morgan fingerprint density at radius 3 is 2.85 bits per heavy atom. The molecule has 3 aromatic rings. The fourth-order valence-corrected chi connectivity index (χ4v) is 2.74. The van der Waals surface area contributed by atoms with Gasteiger partial charge < -0.3 is 4.57 Å². The van der Waals surface area contributed by atoms with Gasteiger partial charge in [-0.15, -0.1) is 0 Å². The molecule has 3 nitrogen and oxygen atoms in total. The molecule has 5 heteroatoms. The number of nitrogens with zero attached hydrogens (tertiary/aromatic N) is 3. The second-order valence-corrected chi connectivity index (χ2v) is 5.45. The van der Waals surface area contributed by atoms with Crippen LogP contribution in [0.2, 0.25) is 5.15 Å². The minimum Gasteiger partial charge on any atom is -0.343 e. The maximum atomic E-state index is 14.0. The van der Waals surface area contributed by atoms with Gasteiger partial charge in [0.15, 0.2) is 0 Å².